The highest BCUT2D eigenvalue weighted by molar-refractivity contribution is 5.19. The molecule has 0 aliphatic heterocycles. The third kappa shape index (κ3) is 5.83. The van der Waals surface area contributed by atoms with Crippen molar-refractivity contribution in [1.29, 1.82) is 0 Å². The van der Waals surface area contributed by atoms with Crippen molar-refractivity contribution in [2.75, 3.05) is 6.61 Å². The second-order valence-corrected chi connectivity index (χ2v) is 2.56. The third-order valence-corrected chi connectivity index (χ3v) is 1.26. The number of aliphatic hydroxyl groups is 1. The van der Waals surface area contributed by atoms with Gasteiger partial charge in [0, 0.05) is 6.04 Å². The lowest BCUT2D eigenvalue weighted by molar-refractivity contribution is 0.334. The average Bonchev–Trinajstić information content (AvgIpc) is 1.97. The van der Waals surface area contributed by atoms with Gasteiger partial charge in [0.1, 0.15) is 0 Å². The molecule has 2 heteroatoms. The van der Waals surface area contributed by atoms with Crippen molar-refractivity contribution >= 4 is 0 Å². The molecule has 0 fully saturated rings. The van der Waals surface area contributed by atoms with E-state index in [0.717, 1.165) is 12.0 Å². The molecule has 0 aromatic rings. The largest absolute Gasteiger partial charge is 0.392 e. The van der Waals surface area contributed by atoms with Gasteiger partial charge < -0.3 is 10.8 Å². The Morgan fingerprint density at radius 3 is 2.64 bits per heavy atom. The SMILES string of the molecule is CC/C=C(\C=C/C(C)N)CO. The van der Waals surface area contributed by atoms with Gasteiger partial charge in [-0.25, -0.2) is 0 Å². The maximum atomic E-state index is 8.81. The quantitative estimate of drug-likeness (QED) is 0.600. The van der Waals surface area contributed by atoms with Crippen LogP contribution in [0.1, 0.15) is 20.3 Å². The topological polar surface area (TPSA) is 46.2 Å². The van der Waals surface area contributed by atoms with Crippen LogP contribution < -0.4 is 5.73 Å². The Balaban J connectivity index is 3.97. The van der Waals surface area contributed by atoms with Gasteiger partial charge in [-0.15, -0.1) is 0 Å². The van der Waals surface area contributed by atoms with Crippen molar-refractivity contribution in [2.45, 2.75) is 26.3 Å². The van der Waals surface area contributed by atoms with Crippen molar-refractivity contribution in [1.82, 2.24) is 0 Å². The summed E-state index contributed by atoms with van der Waals surface area (Å²) in [6.45, 7) is 4.03. The second-order valence-electron chi connectivity index (χ2n) is 2.56. The van der Waals surface area contributed by atoms with Gasteiger partial charge in [0.25, 0.3) is 0 Å². The van der Waals surface area contributed by atoms with Crippen LogP contribution in [0.2, 0.25) is 0 Å². The van der Waals surface area contributed by atoms with Crippen molar-refractivity contribution in [2.24, 2.45) is 5.73 Å². The van der Waals surface area contributed by atoms with Gasteiger partial charge in [-0.2, -0.15) is 0 Å². The predicted molar refractivity (Wildman–Crippen MR) is 48.2 cm³/mol. The first-order valence-corrected chi connectivity index (χ1v) is 3.94. The highest BCUT2D eigenvalue weighted by Gasteiger charge is 1.88. The minimum Gasteiger partial charge on any atom is -0.392 e. The Morgan fingerprint density at radius 2 is 2.27 bits per heavy atom. The molecule has 2 nitrogen and oxygen atoms in total. The Kier molecular flexibility index (Phi) is 5.80. The summed E-state index contributed by atoms with van der Waals surface area (Å²) in [5.41, 5.74) is 6.43. The van der Waals surface area contributed by atoms with Gasteiger partial charge in [-0.3, -0.25) is 0 Å². The summed E-state index contributed by atoms with van der Waals surface area (Å²) >= 11 is 0. The first kappa shape index (κ1) is 10.4. The molecule has 0 radical (unpaired) electrons. The van der Waals surface area contributed by atoms with Crippen LogP contribution >= 0.6 is 0 Å². The maximum Gasteiger partial charge on any atom is 0.0678 e. The van der Waals surface area contributed by atoms with Gasteiger partial charge >= 0.3 is 0 Å². The smallest absolute Gasteiger partial charge is 0.0678 e. The molecular formula is C9H17NO. The van der Waals surface area contributed by atoms with E-state index in [1.807, 2.05) is 32.1 Å². The lowest BCUT2D eigenvalue weighted by Crippen LogP contribution is -2.10. The summed E-state index contributed by atoms with van der Waals surface area (Å²) in [6, 6.07) is 0.0572. The van der Waals surface area contributed by atoms with E-state index in [4.69, 9.17) is 10.8 Å². The van der Waals surface area contributed by atoms with E-state index >= 15 is 0 Å². The molecular weight excluding hydrogens is 138 g/mol. The van der Waals surface area contributed by atoms with Crippen molar-refractivity contribution < 1.29 is 5.11 Å². The molecule has 1 atom stereocenters. The molecule has 0 saturated heterocycles. The molecule has 0 spiro atoms. The third-order valence-electron chi connectivity index (χ3n) is 1.26. The predicted octanol–water partition coefficient (Wildman–Crippen LogP) is 1.22. The zero-order valence-electron chi connectivity index (χ0n) is 7.25. The normalized spacial score (nSPS) is 15.8. The van der Waals surface area contributed by atoms with Crippen molar-refractivity contribution in [3.8, 4) is 0 Å². The van der Waals surface area contributed by atoms with Crippen LogP contribution in [-0.4, -0.2) is 17.8 Å². The second kappa shape index (κ2) is 6.13. The Bertz CT molecular complexity index is 148. The van der Waals surface area contributed by atoms with Crippen LogP contribution in [0.4, 0.5) is 0 Å². The summed E-state index contributed by atoms with van der Waals surface area (Å²) in [5, 5.41) is 8.81. The van der Waals surface area contributed by atoms with Gasteiger partial charge in [0.15, 0.2) is 0 Å². The highest BCUT2D eigenvalue weighted by Crippen LogP contribution is 1.97. The van der Waals surface area contributed by atoms with Gasteiger partial charge in [-0.05, 0) is 18.9 Å². The van der Waals surface area contributed by atoms with E-state index in [0.29, 0.717) is 0 Å². The van der Waals surface area contributed by atoms with Gasteiger partial charge in [-0.1, -0.05) is 25.2 Å². The Morgan fingerprint density at radius 1 is 1.64 bits per heavy atom. The van der Waals surface area contributed by atoms with Crippen molar-refractivity contribution in [3.05, 3.63) is 23.8 Å². The fraction of sp³-hybridized carbons (Fsp3) is 0.556. The molecule has 0 aliphatic rings. The summed E-state index contributed by atoms with van der Waals surface area (Å²) in [6.07, 6.45) is 6.67. The Labute approximate surface area is 68.4 Å². The molecule has 1 unspecified atom stereocenters. The molecule has 0 aromatic heterocycles. The number of allylic oxidation sites excluding steroid dienone is 1. The van der Waals surface area contributed by atoms with Crippen LogP contribution in [0, 0.1) is 0 Å². The van der Waals surface area contributed by atoms with Crippen LogP contribution in [0.15, 0.2) is 23.8 Å². The van der Waals surface area contributed by atoms with Crippen LogP contribution in [0.5, 0.6) is 0 Å². The molecule has 0 amide bonds. The molecule has 0 heterocycles. The number of hydrogen-bond acceptors (Lipinski definition) is 2. The maximum absolute atomic E-state index is 8.81. The first-order valence-electron chi connectivity index (χ1n) is 3.94. The van der Waals surface area contributed by atoms with Gasteiger partial charge in [0.05, 0.1) is 6.61 Å². The van der Waals surface area contributed by atoms with E-state index in [1.54, 1.807) is 0 Å². The monoisotopic (exact) mass is 155 g/mol. The standard InChI is InChI=1S/C9H17NO/c1-3-4-9(7-11)6-5-8(2)10/h4-6,8,11H,3,7,10H2,1-2H3/b6-5-,9-4+. The summed E-state index contributed by atoms with van der Waals surface area (Å²) in [7, 11) is 0. The fourth-order valence-electron chi connectivity index (χ4n) is 0.723. The molecule has 3 N–H and O–H groups in total. The summed E-state index contributed by atoms with van der Waals surface area (Å²) < 4.78 is 0. The van der Waals surface area contributed by atoms with Crippen molar-refractivity contribution in [3.63, 3.8) is 0 Å². The van der Waals surface area contributed by atoms with Crippen LogP contribution in [-0.2, 0) is 0 Å². The van der Waals surface area contributed by atoms with E-state index in [9.17, 15) is 0 Å². The van der Waals surface area contributed by atoms with E-state index in [1.165, 1.54) is 0 Å². The lowest BCUT2D eigenvalue weighted by Gasteiger charge is -1.97. The summed E-state index contributed by atoms with van der Waals surface area (Å²) in [4.78, 5) is 0. The fourth-order valence-corrected chi connectivity index (χ4v) is 0.723. The molecule has 0 saturated carbocycles. The molecule has 0 aromatic carbocycles. The van der Waals surface area contributed by atoms with E-state index in [2.05, 4.69) is 0 Å². The molecule has 64 valence electrons. The van der Waals surface area contributed by atoms with Crippen LogP contribution in [0.25, 0.3) is 0 Å². The molecule has 0 bridgehead atoms. The van der Waals surface area contributed by atoms with Gasteiger partial charge in [0.2, 0.25) is 0 Å². The molecule has 0 aliphatic carbocycles. The average molecular weight is 155 g/mol. The Hall–Kier alpha value is -0.600. The molecule has 11 heavy (non-hydrogen) atoms. The number of hydrogen-bond donors (Lipinski definition) is 2. The minimum absolute atomic E-state index is 0.0572. The van der Waals surface area contributed by atoms with Crippen LogP contribution in [0.3, 0.4) is 0 Å². The zero-order valence-corrected chi connectivity index (χ0v) is 7.25. The van der Waals surface area contributed by atoms with E-state index in [-0.39, 0.29) is 12.6 Å². The zero-order chi connectivity index (χ0) is 8.69. The van der Waals surface area contributed by atoms with E-state index < -0.39 is 0 Å². The summed E-state index contributed by atoms with van der Waals surface area (Å²) in [5.74, 6) is 0. The highest BCUT2D eigenvalue weighted by atomic mass is 16.3. The molecule has 0 rings (SSSR count). The lowest BCUT2D eigenvalue weighted by atomic mass is 10.2. The first-order chi connectivity index (χ1) is 5.20. The number of rotatable bonds is 4. The number of aliphatic hydroxyl groups excluding tert-OH is 1. The minimum atomic E-state index is 0.0572. The number of nitrogens with two attached hydrogens (primary N) is 1.